The first-order valence-corrected chi connectivity index (χ1v) is 12.8. The number of aromatic nitrogens is 1. The van der Waals surface area contributed by atoms with Crippen LogP contribution >= 0.6 is 0 Å². The Balaban J connectivity index is 1.35. The number of benzene rings is 1. The topological polar surface area (TPSA) is 136 Å². The van der Waals surface area contributed by atoms with E-state index in [0.717, 1.165) is 36.6 Å². The summed E-state index contributed by atoms with van der Waals surface area (Å²) in [7, 11) is 1.58. The lowest BCUT2D eigenvalue weighted by molar-refractivity contribution is -0.140. The summed E-state index contributed by atoms with van der Waals surface area (Å²) < 4.78 is 5.41. The normalized spacial score (nSPS) is 22.8. The zero-order valence-corrected chi connectivity index (χ0v) is 20.6. The minimum Gasteiger partial charge on any atom is -0.496 e. The van der Waals surface area contributed by atoms with Gasteiger partial charge in [-0.2, -0.15) is 5.26 Å². The van der Waals surface area contributed by atoms with Gasteiger partial charge in [-0.15, -0.1) is 0 Å². The van der Waals surface area contributed by atoms with E-state index in [2.05, 4.69) is 27.0 Å². The van der Waals surface area contributed by atoms with Crippen molar-refractivity contribution in [1.29, 1.82) is 5.26 Å². The van der Waals surface area contributed by atoms with Gasteiger partial charge >= 0.3 is 0 Å². The fourth-order valence-electron chi connectivity index (χ4n) is 6.50. The monoisotopic (exact) mass is 491 g/mol. The third-order valence-corrected chi connectivity index (χ3v) is 8.29. The molecule has 3 aliphatic rings. The quantitative estimate of drug-likeness (QED) is 0.472. The molecule has 5 rings (SSSR count). The number of carbonyl (C=O) groups excluding carboxylic acids is 3. The predicted molar refractivity (Wildman–Crippen MR) is 133 cm³/mol. The number of hydrogen-bond acceptors (Lipinski definition) is 5. The molecule has 0 radical (unpaired) electrons. The van der Waals surface area contributed by atoms with Crippen molar-refractivity contribution in [2.75, 3.05) is 13.7 Å². The Hall–Kier alpha value is -3.54. The molecule has 190 valence electrons. The number of methoxy groups -OCH3 is 1. The number of amides is 3. The molecule has 0 bridgehead atoms. The van der Waals surface area contributed by atoms with E-state index in [0.29, 0.717) is 37.3 Å². The summed E-state index contributed by atoms with van der Waals surface area (Å²) in [4.78, 5) is 42.2. The Kier molecular flexibility index (Phi) is 6.37. The number of rotatable bonds is 7. The first-order valence-electron chi connectivity index (χ1n) is 12.8. The van der Waals surface area contributed by atoms with Crippen molar-refractivity contribution in [2.45, 2.75) is 69.4 Å². The largest absolute Gasteiger partial charge is 0.496 e. The fraction of sp³-hybridized carbons (Fsp3) is 0.556. The van der Waals surface area contributed by atoms with Crippen LogP contribution in [0, 0.1) is 22.7 Å². The van der Waals surface area contributed by atoms with Gasteiger partial charge in [0.2, 0.25) is 11.8 Å². The number of H-pyrrole nitrogens is 1. The Morgan fingerprint density at radius 2 is 2.03 bits per heavy atom. The highest BCUT2D eigenvalue weighted by Gasteiger charge is 2.59. The van der Waals surface area contributed by atoms with Gasteiger partial charge in [-0.05, 0) is 62.1 Å². The van der Waals surface area contributed by atoms with Gasteiger partial charge in [0, 0.05) is 23.4 Å². The molecule has 9 nitrogen and oxygen atoms in total. The maximum Gasteiger partial charge on any atom is 0.268 e. The zero-order valence-electron chi connectivity index (χ0n) is 20.6. The number of ether oxygens (including phenoxy) is 1. The zero-order chi connectivity index (χ0) is 25.3. The van der Waals surface area contributed by atoms with Crippen molar-refractivity contribution >= 4 is 28.6 Å². The SMILES string of the molecule is COc1cccc2[nH]c(C(=O)NC3(C(=O)N[C@H](C#N)C[C@@H]4CCNC4=O)CC4(CCCCC4)C3)cc12. The van der Waals surface area contributed by atoms with E-state index in [9.17, 15) is 19.6 Å². The number of hydrogen-bond donors (Lipinski definition) is 4. The second-order valence-electron chi connectivity index (χ2n) is 10.7. The summed E-state index contributed by atoms with van der Waals surface area (Å²) >= 11 is 0. The summed E-state index contributed by atoms with van der Waals surface area (Å²) in [5.74, 6) is -0.407. The minimum absolute atomic E-state index is 0.0556. The lowest BCUT2D eigenvalue weighted by Gasteiger charge is -2.57. The van der Waals surface area contributed by atoms with Crippen LogP contribution in [0.15, 0.2) is 24.3 Å². The highest BCUT2D eigenvalue weighted by molar-refractivity contribution is 6.03. The molecule has 36 heavy (non-hydrogen) atoms. The van der Waals surface area contributed by atoms with Crippen LogP contribution in [0.3, 0.4) is 0 Å². The smallest absolute Gasteiger partial charge is 0.268 e. The fourth-order valence-corrected chi connectivity index (χ4v) is 6.50. The van der Waals surface area contributed by atoms with Gasteiger partial charge < -0.3 is 25.7 Å². The van der Waals surface area contributed by atoms with E-state index in [1.165, 1.54) is 6.42 Å². The number of aromatic amines is 1. The molecule has 2 aromatic rings. The average molecular weight is 492 g/mol. The van der Waals surface area contributed by atoms with Crippen molar-refractivity contribution in [3.8, 4) is 11.8 Å². The molecule has 2 atom stereocenters. The molecule has 1 spiro atoms. The van der Waals surface area contributed by atoms with Gasteiger partial charge in [-0.1, -0.05) is 25.3 Å². The van der Waals surface area contributed by atoms with E-state index in [1.54, 1.807) is 13.2 Å². The van der Waals surface area contributed by atoms with Crippen LogP contribution in [-0.4, -0.2) is 47.9 Å². The summed E-state index contributed by atoms with van der Waals surface area (Å²) in [6, 6.07) is 8.64. The molecule has 1 saturated heterocycles. The number of carbonyl (C=O) groups is 3. The average Bonchev–Trinajstić information content (AvgIpc) is 3.49. The molecular weight excluding hydrogens is 458 g/mol. The first-order chi connectivity index (χ1) is 17.4. The Morgan fingerprint density at radius 3 is 2.69 bits per heavy atom. The molecular formula is C27H33N5O4. The van der Waals surface area contributed by atoms with Crippen LogP contribution in [0.2, 0.25) is 0 Å². The van der Waals surface area contributed by atoms with Crippen LogP contribution in [0.25, 0.3) is 10.9 Å². The Morgan fingerprint density at radius 1 is 1.25 bits per heavy atom. The number of nitrogens with zero attached hydrogens (tertiary/aromatic N) is 1. The summed E-state index contributed by atoms with van der Waals surface area (Å²) in [5.41, 5.74) is 0.100. The van der Waals surface area contributed by atoms with E-state index >= 15 is 0 Å². The van der Waals surface area contributed by atoms with Crippen LogP contribution in [0.4, 0.5) is 0 Å². The van der Waals surface area contributed by atoms with Crippen molar-refractivity contribution < 1.29 is 19.1 Å². The van der Waals surface area contributed by atoms with Gasteiger partial charge in [0.1, 0.15) is 23.0 Å². The summed E-state index contributed by atoms with van der Waals surface area (Å²) in [5, 5.41) is 19.2. The lowest BCUT2D eigenvalue weighted by Crippen LogP contribution is -2.70. The highest BCUT2D eigenvalue weighted by atomic mass is 16.5. The molecule has 2 saturated carbocycles. The molecule has 1 aliphatic heterocycles. The number of nitrogens with one attached hydrogen (secondary N) is 4. The van der Waals surface area contributed by atoms with Gasteiger partial charge in [-0.25, -0.2) is 0 Å². The van der Waals surface area contributed by atoms with Crippen molar-refractivity contribution in [1.82, 2.24) is 20.9 Å². The van der Waals surface area contributed by atoms with Crippen LogP contribution in [0.5, 0.6) is 5.75 Å². The molecule has 2 heterocycles. The highest BCUT2D eigenvalue weighted by Crippen LogP contribution is 2.57. The third-order valence-electron chi connectivity index (χ3n) is 8.29. The Labute approximate surface area is 210 Å². The van der Waals surface area contributed by atoms with E-state index in [1.807, 2.05) is 18.2 Å². The standard InChI is InChI=1S/C27H33N5O4/c1-36-22-7-5-6-20-19(22)13-21(31-20)24(34)32-27(15-26(16-27)9-3-2-4-10-26)25(35)30-18(14-28)12-17-8-11-29-23(17)33/h5-7,13,17-18,31H,2-4,8-12,15-16H2,1H3,(H,29,33)(H,30,35)(H,32,34)/t17-,18-/m0/s1. The van der Waals surface area contributed by atoms with Crippen LogP contribution in [-0.2, 0) is 9.59 Å². The van der Waals surface area contributed by atoms with E-state index in [-0.39, 0.29) is 35.5 Å². The summed E-state index contributed by atoms with van der Waals surface area (Å²) in [6.07, 6.45) is 7.59. The minimum atomic E-state index is -1.08. The van der Waals surface area contributed by atoms with E-state index < -0.39 is 11.6 Å². The Bertz CT molecular complexity index is 1210. The third kappa shape index (κ3) is 4.41. The molecule has 1 aromatic carbocycles. The summed E-state index contributed by atoms with van der Waals surface area (Å²) in [6.45, 7) is 0.591. The van der Waals surface area contributed by atoms with E-state index in [4.69, 9.17) is 4.74 Å². The predicted octanol–water partition coefficient (Wildman–Crippen LogP) is 2.92. The van der Waals surface area contributed by atoms with Gasteiger partial charge in [-0.3, -0.25) is 14.4 Å². The van der Waals surface area contributed by atoms with Crippen molar-refractivity contribution in [3.05, 3.63) is 30.0 Å². The molecule has 9 heteroatoms. The molecule has 3 fully saturated rings. The van der Waals surface area contributed by atoms with Crippen LogP contribution < -0.4 is 20.7 Å². The molecule has 3 amide bonds. The lowest BCUT2D eigenvalue weighted by atomic mass is 9.51. The van der Waals surface area contributed by atoms with Crippen molar-refractivity contribution in [3.63, 3.8) is 0 Å². The maximum atomic E-state index is 13.6. The molecule has 2 aliphatic carbocycles. The number of nitriles is 1. The van der Waals surface area contributed by atoms with Crippen molar-refractivity contribution in [2.24, 2.45) is 11.3 Å². The molecule has 4 N–H and O–H groups in total. The second-order valence-corrected chi connectivity index (χ2v) is 10.7. The van der Waals surface area contributed by atoms with Crippen LogP contribution in [0.1, 0.15) is 68.3 Å². The maximum absolute atomic E-state index is 13.6. The second kappa shape index (κ2) is 9.49. The number of fused-ring (bicyclic) bond motifs is 1. The van der Waals surface area contributed by atoms with Gasteiger partial charge in [0.05, 0.1) is 13.2 Å². The van der Waals surface area contributed by atoms with Gasteiger partial charge in [0.15, 0.2) is 0 Å². The molecule has 1 aromatic heterocycles. The van der Waals surface area contributed by atoms with Gasteiger partial charge in [0.25, 0.3) is 5.91 Å². The first kappa shape index (κ1) is 24.2. The molecule has 0 unspecified atom stereocenters.